The van der Waals surface area contributed by atoms with Crippen LogP contribution in [0.3, 0.4) is 0 Å². The summed E-state index contributed by atoms with van der Waals surface area (Å²) in [6, 6.07) is 10.6. The normalized spacial score (nSPS) is 10.7. The van der Waals surface area contributed by atoms with Crippen molar-refractivity contribution in [2.45, 2.75) is 13.8 Å². The average Bonchev–Trinajstić information content (AvgIpc) is 2.83. The predicted octanol–water partition coefficient (Wildman–Crippen LogP) is 3.62. The molecule has 2 heterocycles. The Bertz CT molecular complexity index is 856. The number of hydrogen-bond acceptors (Lipinski definition) is 3. The van der Waals surface area contributed by atoms with Crippen LogP contribution < -0.4 is 10.1 Å². The zero-order chi connectivity index (χ0) is 16.4. The third kappa shape index (κ3) is 3.29. The second-order valence-corrected chi connectivity index (χ2v) is 5.63. The molecule has 0 radical (unpaired) electrons. The van der Waals surface area contributed by atoms with Crippen LogP contribution in [-0.2, 0) is 4.79 Å². The molecule has 0 aliphatic rings. The standard InChI is InChI=1S/C17H16ClN3O2/c1-11-12(2)21-9-3-4-15(17(21)19-11)20-16(22)10-23-14-7-5-13(18)6-8-14/h3-9H,10H2,1-2H3,(H,20,22). The summed E-state index contributed by atoms with van der Waals surface area (Å²) < 4.78 is 7.39. The molecule has 0 aliphatic heterocycles. The summed E-state index contributed by atoms with van der Waals surface area (Å²) in [5, 5.41) is 3.46. The molecule has 23 heavy (non-hydrogen) atoms. The van der Waals surface area contributed by atoms with Gasteiger partial charge in [-0.3, -0.25) is 4.79 Å². The molecule has 1 amide bonds. The Morgan fingerprint density at radius 1 is 1.26 bits per heavy atom. The number of rotatable bonds is 4. The minimum absolute atomic E-state index is 0.0820. The van der Waals surface area contributed by atoms with E-state index in [1.165, 1.54) is 0 Å². The maximum absolute atomic E-state index is 12.1. The Kier molecular flexibility index (Phi) is 4.21. The molecule has 0 unspecified atom stereocenters. The fraction of sp³-hybridized carbons (Fsp3) is 0.176. The molecule has 3 aromatic rings. The summed E-state index contributed by atoms with van der Waals surface area (Å²) in [4.78, 5) is 16.6. The van der Waals surface area contributed by atoms with Gasteiger partial charge in [-0.15, -0.1) is 0 Å². The highest BCUT2D eigenvalue weighted by Crippen LogP contribution is 2.19. The van der Waals surface area contributed by atoms with Gasteiger partial charge in [-0.05, 0) is 50.2 Å². The Labute approximate surface area is 138 Å². The lowest BCUT2D eigenvalue weighted by atomic mass is 10.3. The first kappa shape index (κ1) is 15.4. The van der Waals surface area contributed by atoms with Crippen LogP contribution in [0.15, 0.2) is 42.6 Å². The van der Waals surface area contributed by atoms with Crippen LogP contribution in [0.25, 0.3) is 5.65 Å². The van der Waals surface area contributed by atoms with Crippen molar-refractivity contribution < 1.29 is 9.53 Å². The monoisotopic (exact) mass is 329 g/mol. The van der Waals surface area contributed by atoms with Crippen LogP contribution in [0.1, 0.15) is 11.4 Å². The van der Waals surface area contributed by atoms with Crippen LogP contribution >= 0.6 is 11.6 Å². The number of nitrogens with one attached hydrogen (secondary N) is 1. The van der Waals surface area contributed by atoms with Gasteiger partial charge in [-0.1, -0.05) is 11.6 Å². The summed E-state index contributed by atoms with van der Waals surface area (Å²) in [6.45, 7) is 3.85. The number of anilines is 1. The third-order valence-electron chi connectivity index (χ3n) is 3.58. The number of aromatic nitrogens is 2. The van der Waals surface area contributed by atoms with Gasteiger partial charge in [0.15, 0.2) is 12.3 Å². The van der Waals surface area contributed by atoms with Crippen LogP contribution in [0.4, 0.5) is 5.69 Å². The summed E-state index contributed by atoms with van der Waals surface area (Å²) in [7, 11) is 0. The minimum Gasteiger partial charge on any atom is -0.484 e. The van der Waals surface area contributed by atoms with E-state index in [9.17, 15) is 4.79 Å². The molecular weight excluding hydrogens is 314 g/mol. The van der Waals surface area contributed by atoms with Crippen molar-refractivity contribution in [1.82, 2.24) is 9.38 Å². The first-order valence-corrected chi connectivity index (χ1v) is 7.55. The van der Waals surface area contributed by atoms with Crippen LogP contribution in [0.5, 0.6) is 5.75 Å². The summed E-state index contributed by atoms with van der Waals surface area (Å²) in [6.07, 6.45) is 1.92. The van der Waals surface area contributed by atoms with Gasteiger partial charge >= 0.3 is 0 Å². The van der Waals surface area contributed by atoms with Crippen LogP contribution in [0.2, 0.25) is 5.02 Å². The lowest BCUT2D eigenvalue weighted by Gasteiger charge is -2.08. The third-order valence-corrected chi connectivity index (χ3v) is 3.84. The quantitative estimate of drug-likeness (QED) is 0.795. The number of imidazole rings is 1. The molecule has 2 aromatic heterocycles. The van der Waals surface area contributed by atoms with E-state index in [1.807, 2.05) is 36.6 Å². The van der Waals surface area contributed by atoms with Crippen molar-refractivity contribution in [1.29, 1.82) is 0 Å². The largest absolute Gasteiger partial charge is 0.484 e. The zero-order valence-corrected chi connectivity index (χ0v) is 13.6. The molecule has 0 aliphatic carbocycles. The van der Waals surface area contributed by atoms with E-state index < -0.39 is 0 Å². The Balaban J connectivity index is 1.70. The van der Waals surface area contributed by atoms with Gasteiger partial charge < -0.3 is 14.5 Å². The van der Waals surface area contributed by atoms with Gasteiger partial charge in [-0.2, -0.15) is 0 Å². The maximum Gasteiger partial charge on any atom is 0.262 e. The highest BCUT2D eigenvalue weighted by molar-refractivity contribution is 6.30. The topological polar surface area (TPSA) is 55.6 Å². The van der Waals surface area contributed by atoms with Crippen molar-refractivity contribution in [3.8, 4) is 5.75 Å². The van der Waals surface area contributed by atoms with E-state index in [-0.39, 0.29) is 12.5 Å². The maximum atomic E-state index is 12.1. The van der Waals surface area contributed by atoms with Gasteiger partial charge in [0, 0.05) is 16.9 Å². The van der Waals surface area contributed by atoms with E-state index >= 15 is 0 Å². The molecule has 0 bridgehead atoms. The van der Waals surface area contributed by atoms with Gasteiger partial charge in [0.1, 0.15) is 5.75 Å². The number of carbonyl (C=O) groups excluding carboxylic acids is 1. The van der Waals surface area contributed by atoms with E-state index in [0.717, 1.165) is 17.0 Å². The van der Waals surface area contributed by atoms with Crippen molar-refractivity contribution in [3.05, 3.63) is 59.0 Å². The Hall–Kier alpha value is -2.53. The number of ether oxygens (including phenoxy) is 1. The van der Waals surface area contributed by atoms with Crippen LogP contribution in [0, 0.1) is 13.8 Å². The fourth-order valence-electron chi connectivity index (χ4n) is 2.26. The van der Waals surface area contributed by atoms with Crippen molar-refractivity contribution in [2.75, 3.05) is 11.9 Å². The molecule has 0 fully saturated rings. The molecular formula is C17H16ClN3O2. The number of hydrogen-bond donors (Lipinski definition) is 1. The predicted molar refractivity (Wildman–Crippen MR) is 90.2 cm³/mol. The summed E-state index contributed by atoms with van der Waals surface area (Å²) in [5.41, 5.74) is 3.37. The average molecular weight is 330 g/mol. The van der Waals surface area contributed by atoms with E-state index in [1.54, 1.807) is 24.3 Å². The molecule has 3 rings (SSSR count). The number of halogens is 1. The zero-order valence-electron chi connectivity index (χ0n) is 12.8. The highest BCUT2D eigenvalue weighted by atomic mass is 35.5. The molecule has 0 atom stereocenters. The summed E-state index contributed by atoms with van der Waals surface area (Å²) in [5.74, 6) is 0.349. The number of nitrogens with zero attached hydrogens (tertiary/aromatic N) is 2. The first-order chi connectivity index (χ1) is 11.0. The minimum atomic E-state index is -0.244. The second kappa shape index (κ2) is 6.30. The van der Waals surface area contributed by atoms with Gasteiger partial charge in [0.2, 0.25) is 0 Å². The van der Waals surface area contributed by atoms with E-state index in [0.29, 0.717) is 16.5 Å². The summed E-state index contributed by atoms with van der Waals surface area (Å²) >= 11 is 5.81. The van der Waals surface area contributed by atoms with Crippen LogP contribution in [-0.4, -0.2) is 21.9 Å². The number of pyridine rings is 1. The molecule has 0 saturated carbocycles. The number of carbonyl (C=O) groups is 1. The lowest BCUT2D eigenvalue weighted by Crippen LogP contribution is -2.20. The van der Waals surface area contributed by atoms with Gasteiger partial charge in [-0.25, -0.2) is 4.98 Å². The Morgan fingerprint density at radius 3 is 2.74 bits per heavy atom. The smallest absolute Gasteiger partial charge is 0.262 e. The van der Waals surface area contributed by atoms with E-state index in [4.69, 9.17) is 16.3 Å². The van der Waals surface area contributed by atoms with Gasteiger partial charge in [0.25, 0.3) is 5.91 Å². The molecule has 6 heteroatoms. The molecule has 0 spiro atoms. The first-order valence-electron chi connectivity index (χ1n) is 7.17. The molecule has 5 nitrogen and oxygen atoms in total. The van der Waals surface area contributed by atoms with Crippen molar-refractivity contribution in [2.24, 2.45) is 0 Å². The number of fused-ring (bicyclic) bond motifs is 1. The van der Waals surface area contributed by atoms with Crippen molar-refractivity contribution >= 4 is 28.8 Å². The fourth-order valence-corrected chi connectivity index (χ4v) is 2.39. The number of amides is 1. The SMILES string of the molecule is Cc1nc2c(NC(=O)COc3ccc(Cl)cc3)cccn2c1C. The molecule has 0 saturated heterocycles. The number of aryl methyl sites for hydroxylation is 2. The molecule has 118 valence electrons. The Morgan fingerprint density at radius 2 is 2.00 bits per heavy atom. The molecule has 1 N–H and O–H groups in total. The van der Waals surface area contributed by atoms with E-state index in [2.05, 4.69) is 10.3 Å². The number of benzene rings is 1. The van der Waals surface area contributed by atoms with Gasteiger partial charge in [0.05, 0.1) is 11.4 Å². The lowest BCUT2D eigenvalue weighted by molar-refractivity contribution is -0.118. The van der Waals surface area contributed by atoms with Crippen molar-refractivity contribution in [3.63, 3.8) is 0 Å². The molecule has 1 aromatic carbocycles. The second-order valence-electron chi connectivity index (χ2n) is 5.19. The highest BCUT2D eigenvalue weighted by Gasteiger charge is 2.11.